The summed E-state index contributed by atoms with van der Waals surface area (Å²) >= 11 is 0. The quantitative estimate of drug-likeness (QED) is 0.352. The van der Waals surface area contributed by atoms with Crippen LogP contribution >= 0.6 is 0 Å². The monoisotopic (exact) mass is 501 g/mol. The van der Waals surface area contributed by atoms with Gasteiger partial charge in [0.25, 0.3) is 0 Å². The van der Waals surface area contributed by atoms with Crippen molar-refractivity contribution < 1.29 is 9.50 Å². The topological polar surface area (TPSA) is 118 Å². The molecule has 1 fully saturated rings. The van der Waals surface area contributed by atoms with Crippen LogP contribution < -0.4 is 11.1 Å². The van der Waals surface area contributed by atoms with Gasteiger partial charge in [-0.25, -0.2) is 9.07 Å². The highest BCUT2D eigenvalue weighted by molar-refractivity contribution is 5.68. The van der Waals surface area contributed by atoms with Gasteiger partial charge in [-0.2, -0.15) is 10.4 Å². The summed E-state index contributed by atoms with van der Waals surface area (Å²) in [6.07, 6.45) is 10.3. The Morgan fingerprint density at radius 2 is 1.81 bits per heavy atom. The van der Waals surface area contributed by atoms with Crippen molar-refractivity contribution in [3.63, 3.8) is 0 Å². The summed E-state index contributed by atoms with van der Waals surface area (Å²) in [7, 11) is 1.77. The van der Waals surface area contributed by atoms with E-state index in [9.17, 15) is 4.39 Å². The van der Waals surface area contributed by atoms with Gasteiger partial charge in [0.2, 0.25) is 0 Å². The van der Waals surface area contributed by atoms with Crippen LogP contribution in [0.2, 0.25) is 0 Å². The first-order valence-electron chi connectivity index (χ1n) is 12.5. The van der Waals surface area contributed by atoms with E-state index in [2.05, 4.69) is 15.5 Å². The molecule has 2 aromatic carbocycles. The molecule has 0 atom stereocenters. The van der Waals surface area contributed by atoms with Crippen LogP contribution in [0.3, 0.4) is 0 Å². The molecule has 0 aliphatic heterocycles. The van der Waals surface area contributed by atoms with Gasteiger partial charge < -0.3 is 16.2 Å². The van der Waals surface area contributed by atoms with Crippen LogP contribution in [0.15, 0.2) is 60.9 Å². The van der Waals surface area contributed by atoms with Crippen molar-refractivity contribution in [2.24, 2.45) is 5.73 Å². The lowest BCUT2D eigenvalue weighted by molar-refractivity contribution is 0.269. The summed E-state index contributed by atoms with van der Waals surface area (Å²) in [5.41, 5.74) is 9.69. The third kappa shape index (κ3) is 6.42. The molecule has 2 aromatic heterocycles. The lowest BCUT2D eigenvalue weighted by Crippen LogP contribution is -2.22. The van der Waals surface area contributed by atoms with Gasteiger partial charge in [-0.15, -0.1) is 5.10 Å². The van der Waals surface area contributed by atoms with Crippen LogP contribution in [-0.4, -0.2) is 44.4 Å². The lowest BCUT2D eigenvalue weighted by Gasteiger charge is -2.15. The molecule has 2 heterocycles. The number of nitriles is 1. The summed E-state index contributed by atoms with van der Waals surface area (Å²) in [5.74, 6) is 0.0770. The second-order valence-electron chi connectivity index (χ2n) is 9.04. The molecule has 4 N–H and O–H groups in total. The van der Waals surface area contributed by atoms with Gasteiger partial charge >= 0.3 is 0 Å². The number of nitrogens with two attached hydrogens (primary N) is 1. The Morgan fingerprint density at radius 1 is 1.08 bits per heavy atom. The molecule has 5 rings (SSSR count). The Morgan fingerprint density at radius 3 is 2.41 bits per heavy atom. The Bertz CT molecular complexity index is 1350. The predicted octanol–water partition coefficient (Wildman–Crippen LogP) is 4.73. The maximum Gasteiger partial charge on any atom is 0.148 e. The number of hydrogen-bond acceptors (Lipinski definition) is 6. The SMILES string of the molecule is CNc1cc(-c2ccc(C#N)c(F)c2)n(-c2ccc(-c3cnn(CCO)c3)cc2)n1.NC1CCCCC1. The molecule has 0 amide bonds. The molecule has 37 heavy (non-hydrogen) atoms. The van der Waals surface area contributed by atoms with E-state index < -0.39 is 5.82 Å². The molecule has 8 nitrogen and oxygen atoms in total. The van der Waals surface area contributed by atoms with Crippen LogP contribution in [0, 0.1) is 17.1 Å². The van der Waals surface area contributed by atoms with E-state index in [1.54, 1.807) is 28.7 Å². The highest BCUT2D eigenvalue weighted by atomic mass is 19.1. The number of aromatic nitrogens is 4. The minimum atomic E-state index is -0.566. The summed E-state index contributed by atoms with van der Waals surface area (Å²) in [6.45, 7) is 0.481. The van der Waals surface area contributed by atoms with Crippen molar-refractivity contribution in [2.45, 2.75) is 44.7 Å². The first-order chi connectivity index (χ1) is 18.0. The second-order valence-corrected chi connectivity index (χ2v) is 9.04. The third-order valence-electron chi connectivity index (χ3n) is 6.41. The average Bonchev–Trinajstić information content (AvgIpc) is 3.57. The molecule has 0 bridgehead atoms. The van der Waals surface area contributed by atoms with Crippen molar-refractivity contribution in [2.75, 3.05) is 19.0 Å². The number of nitrogens with one attached hydrogen (secondary N) is 1. The van der Waals surface area contributed by atoms with Gasteiger partial charge in [-0.1, -0.05) is 37.5 Å². The van der Waals surface area contributed by atoms with Gasteiger partial charge in [0.1, 0.15) is 17.7 Å². The summed E-state index contributed by atoms with van der Waals surface area (Å²) in [4.78, 5) is 0. The van der Waals surface area contributed by atoms with E-state index in [-0.39, 0.29) is 12.2 Å². The minimum Gasteiger partial charge on any atom is -0.394 e. The third-order valence-corrected chi connectivity index (χ3v) is 6.41. The summed E-state index contributed by atoms with van der Waals surface area (Å²) in [6, 6.07) is 16.5. The number of anilines is 1. The Labute approximate surface area is 216 Å². The number of aliphatic hydroxyl groups is 1. The van der Waals surface area contributed by atoms with Gasteiger partial charge in [0, 0.05) is 36.5 Å². The van der Waals surface area contributed by atoms with E-state index in [4.69, 9.17) is 16.1 Å². The zero-order chi connectivity index (χ0) is 26.2. The Kier molecular flexibility index (Phi) is 8.67. The standard InChI is InChI=1S/C22H19FN6O.C6H13N/c1-25-22-11-21(16-2-3-17(12-24)20(23)10-16)29(27-22)19-6-4-15(5-7-19)18-13-26-28(14-18)8-9-30;7-6-4-2-1-3-5-6/h2-7,10-11,13-14,30H,8-9H2,1H3,(H,25,27);6H,1-5,7H2. The molecular formula is C28H32FN7O. The van der Waals surface area contributed by atoms with E-state index in [0.717, 1.165) is 16.8 Å². The molecule has 1 saturated carbocycles. The number of benzene rings is 2. The summed E-state index contributed by atoms with van der Waals surface area (Å²) < 4.78 is 17.6. The van der Waals surface area contributed by atoms with Gasteiger partial charge in [0.05, 0.1) is 36.3 Å². The van der Waals surface area contributed by atoms with Crippen LogP contribution in [0.4, 0.5) is 10.2 Å². The smallest absolute Gasteiger partial charge is 0.148 e. The number of aliphatic hydroxyl groups excluding tert-OH is 1. The van der Waals surface area contributed by atoms with Gasteiger partial charge in [0.15, 0.2) is 0 Å². The highest BCUT2D eigenvalue weighted by Gasteiger charge is 2.14. The molecule has 1 aliphatic carbocycles. The fourth-order valence-electron chi connectivity index (χ4n) is 4.34. The van der Waals surface area contributed by atoms with Crippen molar-refractivity contribution >= 4 is 5.82 Å². The molecule has 4 aromatic rings. The molecule has 0 unspecified atom stereocenters. The second kappa shape index (κ2) is 12.3. The van der Waals surface area contributed by atoms with Crippen LogP contribution in [0.25, 0.3) is 28.1 Å². The first-order valence-corrected chi connectivity index (χ1v) is 12.5. The molecule has 9 heteroatoms. The first kappa shape index (κ1) is 26.1. The lowest BCUT2D eigenvalue weighted by atomic mass is 9.97. The maximum atomic E-state index is 14.2. The van der Waals surface area contributed by atoms with Crippen LogP contribution in [0.5, 0.6) is 0 Å². The zero-order valence-corrected chi connectivity index (χ0v) is 20.9. The highest BCUT2D eigenvalue weighted by Crippen LogP contribution is 2.28. The molecule has 0 spiro atoms. The fraction of sp³-hybridized carbons (Fsp3) is 0.321. The van der Waals surface area contributed by atoms with Crippen molar-refractivity contribution in [3.8, 4) is 34.1 Å². The number of rotatable bonds is 6. The van der Waals surface area contributed by atoms with Gasteiger partial charge in [-0.3, -0.25) is 4.68 Å². The molecule has 1 aliphatic rings. The van der Waals surface area contributed by atoms with Crippen molar-refractivity contribution in [3.05, 3.63) is 72.3 Å². The minimum absolute atomic E-state index is 0.00440. The number of nitrogens with zero attached hydrogens (tertiary/aromatic N) is 5. The Hall–Kier alpha value is -4.00. The van der Waals surface area contributed by atoms with E-state index in [1.165, 1.54) is 44.2 Å². The largest absolute Gasteiger partial charge is 0.394 e. The zero-order valence-electron chi connectivity index (χ0n) is 20.9. The van der Waals surface area contributed by atoms with E-state index in [1.807, 2.05) is 42.6 Å². The molecule has 0 radical (unpaired) electrons. The van der Waals surface area contributed by atoms with E-state index in [0.29, 0.717) is 29.7 Å². The number of halogens is 1. The predicted molar refractivity (Wildman–Crippen MR) is 143 cm³/mol. The van der Waals surface area contributed by atoms with Crippen LogP contribution in [0.1, 0.15) is 37.7 Å². The number of hydrogen-bond donors (Lipinski definition) is 3. The van der Waals surface area contributed by atoms with Gasteiger partial charge in [-0.05, 0) is 42.7 Å². The average molecular weight is 502 g/mol. The van der Waals surface area contributed by atoms with Crippen molar-refractivity contribution in [1.29, 1.82) is 5.26 Å². The normalized spacial score (nSPS) is 13.5. The van der Waals surface area contributed by atoms with E-state index >= 15 is 0 Å². The Balaban J connectivity index is 0.000000396. The fourth-order valence-corrected chi connectivity index (χ4v) is 4.34. The maximum absolute atomic E-state index is 14.2. The summed E-state index contributed by atoms with van der Waals surface area (Å²) in [5, 5.41) is 29.8. The van der Waals surface area contributed by atoms with Crippen LogP contribution in [-0.2, 0) is 6.54 Å². The van der Waals surface area contributed by atoms with Crippen molar-refractivity contribution in [1.82, 2.24) is 19.6 Å². The molecule has 192 valence electrons. The molecular weight excluding hydrogens is 469 g/mol. The molecule has 0 saturated heterocycles.